The Bertz CT molecular complexity index is 530. The zero-order valence-electron chi connectivity index (χ0n) is 8.16. The van der Waals surface area contributed by atoms with E-state index < -0.39 is 4.92 Å². The summed E-state index contributed by atoms with van der Waals surface area (Å²) in [7, 11) is 0. The van der Waals surface area contributed by atoms with Crippen LogP contribution in [0.2, 0.25) is 0 Å². The molecular weight excluding hydrogens is 210 g/mol. The number of carbonyl (C=O) groups is 1. The fourth-order valence-corrected chi connectivity index (χ4v) is 1.33. The first-order valence-corrected chi connectivity index (χ1v) is 4.50. The van der Waals surface area contributed by atoms with Gasteiger partial charge in [-0.1, -0.05) is 0 Å². The summed E-state index contributed by atoms with van der Waals surface area (Å²) in [5, 5.41) is 10.4. The maximum atomic E-state index is 10.5. The molecule has 1 aromatic carbocycles. The van der Waals surface area contributed by atoms with Crippen LogP contribution in [0.1, 0.15) is 10.5 Å². The van der Waals surface area contributed by atoms with E-state index in [1.54, 1.807) is 29.2 Å². The monoisotopic (exact) mass is 218 g/mol. The van der Waals surface area contributed by atoms with Gasteiger partial charge in [0.2, 0.25) is 12.0 Å². The van der Waals surface area contributed by atoms with Crippen LogP contribution in [-0.2, 0) is 0 Å². The van der Waals surface area contributed by atoms with E-state index in [1.165, 1.54) is 12.1 Å². The van der Waals surface area contributed by atoms with E-state index in [0.717, 1.165) is 5.69 Å². The lowest BCUT2D eigenvalue weighted by atomic mass is 10.3. The molecule has 0 atom stereocenters. The van der Waals surface area contributed by atoms with E-state index in [2.05, 4.69) is 4.98 Å². The summed E-state index contributed by atoms with van der Waals surface area (Å²) in [6, 6.07) is 6.05. The number of hydrogen-bond acceptors (Lipinski definition) is 3. The van der Waals surface area contributed by atoms with Crippen molar-refractivity contribution in [1.29, 1.82) is 0 Å². The molecule has 0 radical (unpaired) electrons. The molecule has 0 aliphatic rings. The zero-order valence-corrected chi connectivity index (χ0v) is 8.16. The predicted octanol–water partition coefficient (Wildman–Crippen LogP) is 1.01. The van der Waals surface area contributed by atoms with Crippen LogP contribution in [0.25, 0.3) is 5.69 Å². The van der Waals surface area contributed by atoms with Gasteiger partial charge in [0.15, 0.2) is 6.29 Å². The number of nitrogens with one attached hydrogen (secondary N) is 1. The molecule has 0 unspecified atom stereocenters. The number of non-ortho nitro benzene ring substituents is 1. The van der Waals surface area contributed by atoms with Crippen molar-refractivity contribution in [3.8, 4) is 5.69 Å². The van der Waals surface area contributed by atoms with Crippen molar-refractivity contribution in [3.63, 3.8) is 0 Å². The Kier molecular flexibility index (Phi) is 2.47. The zero-order chi connectivity index (χ0) is 11.5. The lowest BCUT2D eigenvalue weighted by Crippen LogP contribution is -2.26. The fraction of sp³-hybridized carbons (Fsp3) is 0. The Hall–Kier alpha value is -2.50. The Balaban J connectivity index is 2.34. The largest absolute Gasteiger partial charge is 0.294 e. The molecular formula is C10H8N3O3+. The van der Waals surface area contributed by atoms with E-state index in [9.17, 15) is 14.9 Å². The molecule has 6 heteroatoms. The number of aromatic nitrogens is 2. The lowest BCUT2D eigenvalue weighted by molar-refractivity contribution is -0.594. The first-order valence-electron chi connectivity index (χ1n) is 4.50. The van der Waals surface area contributed by atoms with Crippen LogP contribution in [0.15, 0.2) is 36.8 Å². The van der Waals surface area contributed by atoms with Gasteiger partial charge in [-0.2, -0.15) is 0 Å². The van der Waals surface area contributed by atoms with Gasteiger partial charge in [-0.05, 0) is 12.1 Å². The normalized spacial score (nSPS) is 10.0. The minimum atomic E-state index is -0.456. The van der Waals surface area contributed by atoms with Gasteiger partial charge in [0.25, 0.3) is 5.69 Å². The second kappa shape index (κ2) is 3.93. The molecule has 0 spiro atoms. The summed E-state index contributed by atoms with van der Waals surface area (Å²) in [5.41, 5.74) is 1.23. The van der Waals surface area contributed by atoms with E-state index >= 15 is 0 Å². The summed E-state index contributed by atoms with van der Waals surface area (Å²) in [5.74, 6) is 0. The van der Waals surface area contributed by atoms with E-state index in [4.69, 9.17) is 0 Å². The third-order valence-corrected chi connectivity index (χ3v) is 2.13. The van der Waals surface area contributed by atoms with Crippen molar-refractivity contribution in [2.75, 3.05) is 0 Å². The van der Waals surface area contributed by atoms with Gasteiger partial charge < -0.3 is 0 Å². The first kappa shape index (κ1) is 10.0. The highest BCUT2D eigenvalue weighted by Crippen LogP contribution is 2.11. The van der Waals surface area contributed by atoms with Crippen molar-refractivity contribution < 1.29 is 14.3 Å². The topological polar surface area (TPSA) is 79.9 Å². The van der Waals surface area contributed by atoms with Crippen molar-refractivity contribution in [1.82, 2.24) is 4.98 Å². The van der Waals surface area contributed by atoms with Gasteiger partial charge in [-0.25, -0.2) is 9.55 Å². The molecule has 0 saturated heterocycles. The van der Waals surface area contributed by atoms with Gasteiger partial charge in [-0.3, -0.25) is 14.9 Å². The number of hydrogen-bond donors (Lipinski definition) is 1. The number of aromatic amines is 1. The molecule has 2 aromatic rings. The second-order valence-electron chi connectivity index (χ2n) is 3.16. The Morgan fingerprint density at radius 2 is 2.00 bits per heavy atom. The number of nitrogens with zero attached hydrogens (tertiary/aromatic N) is 2. The molecule has 0 saturated carbocycles. The van der Waals surface area contributed by atoms with Crippen LogP contribution in [0.3, 0.4) is 0 Å². The van der Waals surface area contributed by atoms with Crippen LogP contribution >= 0.6 is 0 Å². The van der Waals surface area contributed by atoms with Crippen LogP contribution in [0.4, 0.5) is 5.69 Å². The van der Waals surface area contributed by atoms with E-state index in [-0.39, 0.29) is 5.69 Å². The first-order chi connectivity index (χ1) is 7.70. The molecule has 0 amide bonds. The molecule has 1 heterocycles. The summed E-state index contributed by atoms with van der Waals surface area (Å²) < 4.78 is 1.67. The number of rotatable bonds is 3. The molecule has 0 bridgehead atoms. The van der Waals surface area contributed by atoms with Crippen molar-refractivity contribution in [2.24, 2.45) is 0 Å². The van der Waals surface area contributed by atoms with E-state index in [0.29, 0.717) is 12.0 Å². The van der Waals surface area contributed by atoms with Gasteiger partial charge >= 0.3 is 0 Å². The second-order valence-corrected chi connectivity index (χ2v) is 3.16. The van der Waals surface area contributed by atoms with Gasteiger partial charge in [-0.15, -0.1) is 0 Å². The maximum Gasteiger partial charge on any atom is 0.269 e. The molecule has 0 fully saturated rings. The van der Waals surface area contributed by atoms with Gasteiger partial charge in [0.05, 0.1) is 4.92 Å². The molecule has 2 rings (SSSR count). The summed E-state index contributed by atoms with van der Waals surface area (Å²) in [6.45, 7) is 0. The molecule has 1 N–H and O–H groups in total. The van der Waals surface area contributed by atoms with E-state index in [1.807, 2.05) is 0 Å². The third kappa shape index (κ3) is 1.81. The fourth-order valence-electron chi connectivity index (χ4n) is 1.33. The van der Waals surface area contributed by atoms with Gasteiger partial charge in [0.1, 0.15) is 11.9 Å². The number of benzene rings is 1. The quantitative estimate of drug-likeness (QED) is 0.361. The number of imidazole rings is 1. The number of nitro benzene ring substituents is 1. The third-order valence-electron chi connectivity index (χ3n) is 2.13. The highest BCUT2D eigenvalue weighted by atomic mass is 16.6. The smallest absolute Gasteiger partial charge is 0.269 e. The number of H-pyrrole nitrogens is 1. The Morgan fingerprint density at radius 1 is 1.31 bits per heavy atom. The summed E-state index contributed by atoms with van der Waals surface area (Å²) in [6.07, 6.45) is 3.90. The number of aldehydes is 1. The highest BCUT2D eigenvalue weighted by molar-refractivity contribution is 5.70. The molecule has 1 aromatic heterocycles. The Labute approximate surface area is 90.3 Å². The summed E-state index contributed by atoms with van der Waals surface area (Å²) in [4.78, 5) is 23.2. The molecule has 0 aliphatic carbocycles. The summed E-state index contributed by atoms with van der Waals surface area (Å²) >= 11 is 0. The average Bonchev–Trinajstić information content (AvgIpc) is 2.77. The molecule has 80 valence electrons. The number of nitro groups is 1. The standard InChI is InChI=1S/C10H7N3O3/c14-6-8-5-12(7-11-8)9-1-3-10(4-2-9)13(15)16/h1-7H/p+1. The molecule has 16 heavy (non-hydrogen) atoms. The van der Waals surface area contributed by atoms with Crippen molar-refractivity contribution in [2.45, 2.75) is 0 Å². The molecule has 0 aliphatic heterocycles. The minimum absolute atomic E-state index is 0.0375. The average molecular weight is 218 g/mol. The number of carbonyl (C=O) groups excluding carboxylic acids is 1. The van der Waals surface area contributed by atoms with Crippen molar-refractivity contribution in [3.05, 3.63) is 52.6 Å². The van der Waals surface area contributed by atoms with Crippen LogP contribution in [0, 0.1) is 10.1 Å². The Morgan fingerprint density at radius 3 is 2.50 bits per heavy atom. The predicted molar refractivity (Wildman–Crippen MR) is 54.4 cm³/mol. The maximum absolute atomic E-state index is 10.5. The van der Waals surface area contributed by atoms with Gasteiger partial charge in [0, 0.05) is 12.1 Å². The highest BCUT2D eigenvalue weighted by Gasteiger charge is 2.09. The van der Waals surface area contributed by atoms with Crippen LogP contribution in [0.5, 0.6) is 0 Å². The molecule has 6 nitrogen and oxygen atoms in total. The lowest BCUT2D eigenvalue weighted by Gasteiger charge is -1.94. The van der Waals surface area contributed by atoms with Crippen LogP contribution < -0.4 is 4.57 Å². The van der Waals surface area contributed by atoms with Crippen molar-refractivity contribution >= 4 is 12.0 Å². The SMILES string of the molecule is O=Cc1c[n+](-c2ccc([N+](=O)[O-])cc2)c[nH]1. The van der Waals surface area contributed by atoms with Crippen LogP contribution in [-0.4, -0.2) is 16.2 Å². The minimum Gasteiger partial charge on any atom is -0.294 e.